The van der Waals surface area contributed by atoms with Crippen LogP contribution in [0.5, 0.6) is 0 Å². The van der Waals surface area contributed by atoms with Gasteiger partial charge in [0.15, 0.2) is 0 Å². The molecular formula is C12H16N2O2. The second kappa shape index (κ2) is 5.90. The van der Waals surface area contributed by atoms with E-state index in [4.69, 9.17) is 4.74 Å². The average molecular weight is 220 g/mol. The van der Waals surface area contributed by atoms with Gasteiger partial charge < -0.3 is 9.30 Å². The van der Waals surface area contributed by atoms with Crippen molar-refractivity contribution in [3.05, 3.63) is 42.5 Å². The number of nitrogens with zero attached hydrogens (tertiary/aromatic N) is 2. The lowest BCUT2D eigenvalue weighted by Gasteiger charge is -2.08. The molecule has 0 fully saturated rings. The number of ether oxygens (including phenoxy) is 1. The van der Waals surface area contributed by atoms with E-state index in [9.17, 15) is 4.79 Å². The zero-order valence-electron chi connectivity index (χ0n) is 9.64. The summed E-state index contributed by atoms with van der Waals surface area (Å²) >= 11 is 0. The van der Waals surface area contributed by atoms with Crippen LogP contribution in [0.25, 0.3) is 0 Å². The van der Waals surface area contributed by atoms with Gasteiger partial charge in [-0.05, 0) is 12.5 Å². The van der Waals surface area contributed by atoms with E-state index in [1.165, 1.54) is 6.92 Å². The molecule has 0 aliphatic heterocycles. The molecule has 4 nitrogen and oxygen atoms in total. The summed E-state index contributed by atoms with van der Waals surface area (Å²) < 4.78 is 6.86. The van der Waals surface area contributed by atoms with Crippen molar-refractivity contribution in [2.24, 2.45) is 0 Å². The fraction of sp³-hybridized carbons (Fsp3) is 0.333. The number of hydrogen-bond donors (Lipinski definition) is 0. The molecule has 0 atom stereocenters. The highest BCUT2D eigenvalue weighted by Gasteiger charge is 2.04. The molecule has 0 radical (unpaired) electrons. The fourth-order valence-corrected chi connectivity index (χ4v) is 1.26. The number of aromatic nitrogens is 2. The molecule has 86 valence electrons. The minimum Gasteiger partial charge on any atom is -0.459 e. The Labute approximate surface area is 95.3 Å². The van der Waals surface area contributed by atoms with Crippen LogP contribution in [0.4, 0.5) is 0 Å². The Morgan fingerprint density at radius 2 is 2.44 bits per heavy atom. The molecule has 4 heteroatoms. The van der Waals surface area contributed by atoms with Crippen LogP contribution in [0, 0.1) is 0 Å². The molecule has 0 N–H and O–H groups in total. The molecule has 0 bridgehead atoms. The topological polar surface area (TPSA) is 44.1 Å². The van der Waals surface area contributed by atoms with E-state index in [1.54, 1.807) is 18.6 Å². The van der Waals surface area contributed by atoms with Crippen LogP contribution < -0.4 is 0 Å². The van der Waals surface area contributed by atoms with Gasteiger partial charge in [0.05, 0.1) is 18.2 Å². The van der Waals surface area contributed by atoms with Crippen molar-refractivity contribution in [2.75, 3.05) is 0 Å². The smallest absolute Gasteiger partial charge is 0.303 e. The SMILES string of the molecule is C=C/C(=C\C)Cn1cncc1COC(C)=O. The third-order valence-corrected chi connectivity index (χ3v) is 2.21. The molecule has 16 heavy (non-hydrogen) atoms. The molecule has 0 aromatic carbocycles. The van der Waals surface area contributed by atoms with Gasteiger partial charge in [0.1, 0.15) is 6.61 Å². The lowest BCUT2D eigenvalue weighted by Crippen LogP contribution is -2.07. The Balaban J connectivity index is 2.70. The maximum atomic E-state index is 10.7. The zero-order chi connectivity index (χ0) is 12.0. The number of imidazole rings is 1. The predicted octanol–water partition coefficient (Wildman–Crippen LogP) is 2.08. The zero-order valence-corrected chi connectivity index (χ0v) is 9.64. The standard InChI is InChI=1S/C12H16N2O2/c1-4-11(5-2)7-14-9-13-6-12(14)8-16-10(3)15/h4-6,9H,1,7-8H2,2-3H3/b11-5+. The predicted molar refractivity (Wildman–Crippen MR) is 61.7 cm³/mol. The minimum atomic E-state index is -0.289. The van der Waals surface area contributed by atoms with Gasteiger partial charge in [-0.25, -0.2) is 4.98 Å². The number of hydrogen-bond acceptors (Lipinski definition) is 3. The first-order chi connectivity index (χ1) is 7.67. The van der Waals surface area contributed by atoms with Gasteiger partial charge in [-0.15, -0.1) is 0 Å². The van der Waals surface area contributed by atoms with Crippen LogP contribution in [-0.2, 0) is 22.7 Å². The normalized spacial score (nSPS) is 11.2. The first kappa shape index (κ1) is 12.2. The van der Waals surface area contributed by atoms with Crippen molar-refractivity contribution in [2.45, 2.75) is 27.0 Å². The van der Waals surface area contributed by atoms with Gasteiger partial charge >= 0.3 is 5.97 Å². The second-order valence-corrected chi connectivity index (χ2v) is 3.36. The molecule has 1 aromatic rings. The molecule has 0 amide bonds. The molecule has 1 aromatic heterocycles. The summed E-state index contributed by atoms with van der Waals surface area (Å²) in [7, 11) is 0. The minimum absolute atomic E-state index is 0.253. The highest BCUT2D eigenvalue weighted by atomic mass is 16.5. The lowest BCUT2D eigenvalue weighted by molar-refractivity contribution is -0.142. The molecule has 1 rings (SSSR count). The Bertz CT molecular complexity index is 405. The van der Waals surface area contributed by atoms with Crippen LogP contribution in [0.15, 0.2) is 36.8 Å². The van der Waals surface area contributed by atoms with Gasteiger partial charge in [-0.2, -0.15) is 0 Å². The number of carbonyl (C=O) groups excluding carboxylic acids is 1. The van der Waals surface area contributed by atoms with E-state index in [-0.39, 0.29) is 12.6 Å². The average Bonchev–Trinajstić information content (AvgIpc) is 2.70. The Morgan fingerprint density at radius 3 is 3.00 bits per heavy atom. The van der Waals surface area contributed by atoms with Crippen LogP contribution in [0.2, 0.25) is 0 Å². The molecule has 0 spiro atoms. The van der Waals surface area contributed by atoms with Crippen LogP contribution in [0.1, 0.15) is 19.5 Å². The summed E-state index contributed by atoms with van der Waals surface area (Å²) in [5, 5.41) is 0. The molecular weight excluding hydrogens is 204 g/mol. The number of rotatable bonds is 5. The number of allylic oxidation sites excluding steroid dienone is 3. The van der Waals surface area contributed by atoms with Crippen LogP contribution in [-0.4, -0.2) is 15.5 Å². The molecule has 0 aliphatic carbocycles. The van der Waals surface area contributed by atoms with Gasteiger partial charge in [-0.1, -0.05) is 18.7 Å². The van der Waals surface area contributed by atoms with E-state index in [0.29, 0.717) is 6.54 Å². The largest absolute Gasteiger partial charge is 0.459 e. The third kappa shape index (κ3) is 3.38. The van der Waals surface area contributed by atoms with E-state index >= 15 is 0 Å². The highest BCUT2D eigenvalue weighted by molar-refractivity contribution is 5.65. The Hall–Kier alpha value is -1.84. The summed E-state index contributed by atoms with van der Waals surface area (Å²) in [6, 6.07) is 0. The summed E-state index contributed by atoms with van der Waals surface area (Å²) in [6.07, 6.45) is 7.20. The molecule has 0 unspecified atom stereocenters. The summed E-state index contributed by atoms with van der Waals surface area (Å²) in [5.74, 6) is -0.289. The van der Waals surface area contributed by atoms with E-state index in [0.717, 1.165) is 11.3 Å². The third-order valence-electron chi connectivity index (χ3n) is 2.21. The quantitative estimate of drug-likeness (QED) is 0.563. The maximum absolute atomic E-state index is 10.7. The van der Waals surface area contributed by atoms with Gasteiger partial charge in [0, 0.05) is 13.5 Å². The lowest BCUT2D eigenvalue weighted by atomic mass is 10.2. The molecule has 0 saturated carbocycles. The Kier molecular flexibility index (Phi) is 4.51. The maximum Gasteiger partial charge on any atom is 0.303 e. The first-order valence-corrected chi connectivity index (χ1v) is 5.07. The van der Waals surface area contributed by atoms with Crippen molar-refractivity contribution in [3.63, 3.8) is 0 Å². The van der Waals surface area contributed by atoms with Gasteiger partial charge in [0.2, 0.25) is 0 Å². The van der Waals surface area contributed by atoms with E-state index in [2.05, 4.69) is 11.6 Å². The molecule has 1 heterocycles. The van der Waals surface area contributed by atoms with Crippen molar-refractivity contribution in [1.29, 1.82) is 0 Å². The van der Waals surface area contributed by atoms with Crippen molar-refractivity contribution < 1.29 is 9.53 Å². The van der Waals surface area contributed by atoms with Gasteiger partial charge in [0.25, 0.3) is 0 Å². The van der Waals surface area contributed by atoms with Crippen LogP contribution >= 0.6 is 0 Å². The van der Waals surface area contributed by atoms with Crippen molar-refractivity contribution in [3.8, 4) is 0 Å². The summed E-state index contributed by atoms with van der Waals surface area (Å²) in [4.78, 5) is 14.7. The van der Waals surface area contributed by atoms with Gasteiger partial charge in [-0.3, -0.25) is 4.79 Å². The Morgan fingerprint density at radius 1 is 1.69 bits per heavy atom. The molecule has 0 aliphatic rings. The molecule has 0 saturated heterocycles. The highest BCUT2D eigenvalue weighted by Crippen LogP contribution is 2.07. The van der Waals surface area contributed by atoms with Crippen molar-refractivity contribution in [1.82, 2.24) is 9.55 Å². The van der Waals surface area contributed by atoms with Crippen LogP contribution in [0.3, 0.4) is 0 Å². The second-order valence-electron chi connectivity index (χ2n) is 3.36. The van der Waals surface area contributed by atoms with Crippen molar-refractivity contribution >= 4 is 5.97 Å². The summed E-state index contributed by atoms with van der Waals surface area (Å²) in [5.41, 5.74) is 1.97. The summed E-state index contributed by atoms with van der Waals surface area (Å²) in [6.45, 7) is 8.02. The first-order valence-electron chi connectivity index (χ1n) is 5.07. The van der Waals surface area contributed by atoms with E-state index in [1.807, 2.05) is 17.6 Å². The number of carbonyl (C=O) groups is 1. The number of esters is 1. The van der Waals surface area contributed by atoms with E-state index < -0.39 is 0 Å². The fourth-order valence-electron chi connectivity index (χ4n) is 1.26. The monoisotopic (exact) mass is 220 g/mol.